The van der Waals surface area contributed by atoms with Gasteiger partial charge in [0.1, 0.15) is 0 Å². The predicted molar refractivity (Wildman–Crippen MR) is 50.3 cm³/mol. The summed E-state index contributed by atoms with van der Waals surface area (Å²) < 4.78 is 32.5. The number of rotatable bonds is 5. The van der Waals surface area contributed by atoms with Crippen LogP contribution >= 0.6 is 0 Å². The summed E-state index contributed by atoms with van der Waals surface area (Å²) in [5.41, 5.74) is 0. The molecule has 0 aliphatic heterocycles. The van der Waals surface area contributed by atoms with Crippen LogP contribution < -0.4 is 0 Å². The van der Waals surface area contributed by atoms with Crippen LogP contribution in [-0.4, -0.2) is 43.7 Å². The molecule has 0 atom stereocenters. The summed E-state index contributed by atoms with van der Waals surface area (Å²) in [5.74, 6) is -0.358. The van der Waals surface area contributed by atoms with Gasteiger partial charge in [-0.25, -0.2) is 0 Å². The maximum atomic E-state index is 9.83. The molecular formula is C7H18O5S. The lowest BCUT2D eigenvalue weighted by molar-refractivity contribution is 0.162. The molecule has 0 saturated carbocycles. The van der Waals surface area contributed by atoms with E-state index >= 15 is 0 Å². The molecule has 6 heteroatoms. The highest BCUT2D eigenvalue weighted by molar-refractivity contribution is 7.85. The van der Waals surface area contributed by atoms with Crippen LogP contribution in [0.2, 0.25) is 0 Å². The van der Waals surface area contributed by atoms with E-state index < -0.39 is 10.1 Å². The third kappa shape index (κ3) is 24.5. The molecule has 0 heterocycles. The average molecular weight is 214 g/mol. The molecular weight excluding hydrogens is 196 g/mol. The first-order chi connectivity index (χ1) is 5.97. The van der Waals surface area contributed by atoms with Crippen molar-refractivity contribution in [3.63, 3.8) is 0 Å². The molecule has 0 aliphatic rings. The quantitative estimate of drug-likeness (QED) is 0.643. The molecule has 0 rings (SSSR count). The number of aliphatic hydroxyl groups excluding tert-OH is 1. The first-order valence-electron chi connectivity index (χ1n) is 4.11. The fourth-order valence-electron chi connectivity index (χ4n) is 0.451. The summed E-state index contributed by atoms with van der Waals surface area (Å²) in [5, 5.41) is 8.05. The number of aliphatic hydroxyl groups is 1. The molecule has 0 amide bonds. The summed E-state index contributed by atoms with van der Waals surface area (Å²) >= 11 is 0. The van der Waals surface area contributed by atoms with Crippen LogP contribution in [0.3, 0.4) is 0 Å². The van der Waals surface area contributed by atoms with E-state index in [0.717, 1.165) is 13.2 Å². The van der Waals surface area contributed by atoms with Gasteiger partial charge in [0.2, 0.25) is 0 Å². The number of ether oxygens (including phenoxy) is 1. The van der Waals surface area contributed by atoms with Crippen molar-refractivity contribution in [3.8, 4) is 0 Å². The molecule has 0 fully saturated rings. The van der Waals surface area contributed by atoms with Gasteiger partial charge in [0.25, 0.3) is 10.1 Å². The molecule has 5 nitrogen and oxygen atoms in total. The summed E-state index contributed by atoms with van der Waals surface area (Å²) in [6, 6.07) is 0. The molecule has 0 bridgehead atoms. The van der Waals surface area contributed by atoms with Crippen molar-refractivity contribution < 1.29 is 22.8 Å². The van der Waals surface area contributed by atoms with Crippen molar-refractivity contribution in [2.45, 2.75) is 20.3 Å². The number of hydrogen-bond donors (Lipinski definition) is 2. The van der Waals surface area contributed by atoms with Crippen molar-refractivity contribution in [1.29, 1.82) is 0 Å². The minimum atomic E-state index is -3.85. The second kappa shape index (κ2) is 9.91. The van der Waals surface area contributed by atoms with Crippen LogP contribution in [0.25, 0.3) is 0 Å². The van der Waals surface area contributed by atoms with Gasteiger partial charge in [-0.1, -0.05) is 0 Å². The third-order valence-electron chi connectivity index (χ3n) is 0.969. The third-order valence-corrected chi connectivity index (χ3v) is 1.77. The maximum absolute atomic E-state index is 9.83. The minimum absolute atomic E-state index is 0.0961. The van der Waals surface area contributed by atoms with Gasteiger partial charge in [0, 0.05) is 19.8 Å². The SMILES string of the molecule is CCOCC.O=S(=O)(O)CCCO. The van der Waals surface area contributed by atoms with Gasteiger partial charge in [0.15, 0.2) is 0 Å². The zero-order valence-electron chi connectivity index (χ0n) is 8.06. The fourth-order valence-corrected chi connectivity index (χ4v) is 0.945. The van der Waals surface area contributed by atoms with Crippen molar-refractivity contribution in [3.05, 3.63) is 0 Å². The molecule has 0 aromatic carbocycles. The summed E-state index contributed by atoms with van der Waals surface area (Å²) in [7, 11) is -3.85. The Labute approximate surface area is 79.5 Å². The largest absolute Gasteiger partial charge is 0.396 e. The first-order valence-corrected chi connectivity index (χ1v) is 5.72. The van der Waals surface area contributed by atoms with Crippen LogP contribution in [0.4, 0.5) is 0 Å². The van der Waals surface area contributed by atoms with Gasteiger partial charge < -0.3 is 9.84 Å². The van der Waals surface area contributed by atoms with Crippen LogP contribution in [0.15, 0.2) is 0 Å². The lowest BCUT2D eigenvalue weighted by Crippen LogP contribution is -2.04. The maximum Gasteiger partial charge on any atom is 0.264 e. The minimum Gasteiger partial charge on any atom is -0.396 e. The molecule has 2 N–H and O–H groups in total. The van der Waals surface area contributed by atoms with E-state index in [0.29, 0.717) is 0 Å². The van der Waals surface area contributed by atoms with Gasteiger partial charge in [-0.15, -0.1) is 0 Å². The second-order valence-electron chi connectivity index (χ2n) is 2.14. The first kappa shape index (κ1) is 15.3. The summed E-state index contributed by atoms with van der Waals surface area (Å²) in [4.78, 5) is 0. The van der Waals surface area contributed by atoms with E-state index in [2.05, 4.69) is 0 Å². The Hall–Kier alpha value is -0.170. The zero-order chi connectivity index (χ0) is 10.7. The summed E-state index contributed by atoms with van der Waals surface area (Å²) in [6.45, 7) is 5.46. The van der Waals surface area contributed by atoms with Crippen LogP contribution in [-0.2, 0) is 14.9 Å². The predicted octanol–water partition coefficient (Wildman–Crippen LogP) is 0.299. The van der Waals surface area contributed by atoms with Crippen LogP contribution in [0.5, 0.6) is 0 Å². The smallest absolute Gasteiger partial charge is 0.264 e. The summed E-state index contributed by atoms with van der Waals surface area (Å²) in [6.07, 6.45) is 0.0961. The Morgan fingerprint density at radius 1 is 1.23 bits per heavy atom. The standard InChI is InChI=1S/C4H10O.C3H8O4S/c1-3-5-4-2;4-2-1-3-8(5,6)7/h3-4H2,1-2H3;4H,1-3H2,(H,5,6,7). The Balaban J connectivity index is 0. The Morgan fingerprint density at radius 3 is 1.77 bits per heavy atom. The Kier molecular flexibility index (Phi) is 11.7. The lowest BCUT2D eigenvalue weighted by atomic mass is 10.5. The van der Waals surface area contributed by atoms with E-state index in [1.807, 2.05) is 13.8 Å². The van der Waals surface area contributed by atoms with Crippen molar-refractivity contribution in [2.24, 2.45) is 0 Å². The van der Waals surface area contributed by atoms with Gasteiger partial charge in [-0.3, -0.25) is 4.55 Å². The molecule has 82 valence electrons. The molecule has 0 saturated heterocycles. The molecule has 13 heavy (non-hydrogen) atoms. The average Bonchev–Trinajstić information content (AvgIpc) is 2.02. The van der Waals surface area contributed by atoms with Crippen molar-refractivity contribution in [2.75, 3.05) is 25.6 Å². The van der Waals surface area contributed by atoms with E-state index in [-0.39, 0.29) is 18.8 Å². The van der Waals surface area contributed by atoms with Gasteiger partial charge >= 0.3 is 0 Å². The zero-order valence-corrected chi connectivity index (χ0v) is 8.88. The van der Waals surface area contributed by atoms with Crippen molar-refractivity contribution >= 4 is 10.1 Å². The lowest BCUT2D eigenvalue weighted by Gasteiger charge is -1.89. The molecule has 0 aliphatic carbocycles. The second-order valence-corrected chi connectivity index (χ2v) is 3.72. The topological polar surface area (TPSA) is 83.8 Å². The highest BCUT2D eigenvalue weighted by atomic mass is 32.2. The molecule has 0 radical (unpaired) electrons. The van der Waals surface area contributed by atoms with Crippen LogP contribution in [0, 0.1) is 0 Å². The molecule has 0 unspecified atom stereocenters. The number of hydrogen-bond acceptors (Lipinski definition) is 4. The van der Waals surface area contributed by atoms with Gasteiger partial charge in [-0.05, 0) is 20.3 Å². The fraction of sp³-hybridized carbons (Fsp3) is 1.00. The highest BCUT2D eigenvalue weighted by Gasteiger charge is 2.00. The Bertz CT molecular complexity index is 173. The monoisotopic (exact) mass is 214 g/mol. The van der Waals surface area contributed by atoms with Gasteiger partial charge in [-0.2, -0.15) is 8.42 Å². The van der Waals surface area contributed by atoms with Crippen LogP contribution in [0.1, 0.15) is 20.3 Å². The van der Waals surface area contributed by atoms with Crippen molar-refractivity contribution in [1.82, 2.24) is 0 Å². The normalized spacial score (nSPS) is 10.5. The molecule has 0 aromatic rings. The van der Waals surface area contributed by atoms with E-state index in [4.69, 9.17) is 14.4 Å². The molecule has 0 spiro atoms. The Morgan fingerprint density at radius 2 is 1.69 bits per heavy atom. The highest BCUT2D eigenvalue weighted by Crippen LogP contribution is 1.84. The van der Waals surface area contributed by atoms with E-state index in [9.17, 15) is 8.42 Å². The van der Waals surface area contributed by atoms with E-state index in [1.165, 1.54) is 0 Å². The molecule has 0 aromatic heterocycles. The van der Waals surface area contributed by atoms with E-state index in [1.54, 1.807) is 0 Å². The van der Waals surface area contributed by atoms with Gasteiger partial charge in [0.05, 0.1) is 5.75 Å².